The lowest BCUT2D eigenvalue weighted by atomic mass is 10.2. The highest BCUT2D eigenvalue weighted by Crippen LogP contribution is 2.15. The minimum atomic E-state index is -0.499. The van der Waals surface area contributed by atoms with Crippen LogP contribution in [-0.4, -0.2) is 16.7 Å². The number of halogens is 1. The van der Waals surface area contributed by atoms with Crippen LogP contribution in [-0.2, 0) is 4.74 Å². The van der Waals surface area contributed by atoms with Crippen LogP contribution in [0.4, 0.5) is 10.6 Å². The number of nitrogens with zero attached hydrogens (tertiary/aromatic N) is 1. The van der Waals surface area contributed by atoms with E-state index in [9.17, 15) is 4.79 Å². The minimum Gasteiger partial charge on any atom is -0.444 e. The maximum atomic E-state index is 11.5. The fourth-order valence-corrected chi connectivity index (χ4v) is 1.68. The molecule has 1 N–H and O–H groups in total. The number of ether oxygens (including phenoxy) is 1. The molecular weight excluding hydrogens is 319 g/mol. The average molecular weight is 334 g/mol. The van der Waals surface area contributed by atoms with E-state index < -0.39 is 11.7 Å². The summed E-state index contributed by atoms with van der Waals surface area (Å²) in [6.07, 6.45) is 1.21. The minimum absolute atomic E-state index is 0.482. The van der Waals surface area contributed by atoms with Crippen molar-refractivity contribution in [1.82, 2.24) is 4.98 Å². The van der Waals surface area contributed by atoms with Crippen molar-refractivity contribution >= 4 is 34.5 Å². The lowest BCUT2D eigenvalue weighted by molar-refractivity contribution is 0.0635. The van der Waals surface area contributed by atoms with Crippen molar-refractivity contribution in [2.75, 3.05) is 5.32 Å². The van der Waals surface area contributed by atoms with Gasteiger partial charge in [0.2, 0.25) is 0 Å². The fraction of sp³-hybridized carbons (Fsp3) is 0.455. The van der Waals surface area contributed by atoms with Crippen LogP contribution in [0.15, 0.2) is 12.3 Å². The summed E-state index contributed by atoms with van der Waals surface area (Å²) < 4.78 is 6.17. The molecule has 1 heterocycles. The van der Waals surface area contributed by atoms with Crippen LogP contribution in [0.1, 0.15) is 26.3 Å². The summed E-state index contributed by atoms with van der Waals surface area (Å²) in [6.45, 7) is 7.35. The molecule has 1 rings (SSSR count). The molecule has 16 heavy (non-hydrogen) atoms. The number of rotatable bonds is 1. The van der Waals surface area contributed by atoms with Gasteiger partial charge in [-0.1, -0.05) is 0 Å². The largest absolute Gasteiger partial charge is 0.444 e. The first-order chi connectivity index (χ1) is 7.28. The zero-order valence-corrected chi connectivity index (χ0v) is 12.0. The molecule has 1 aromatic rings. The van der Waals surface area contributed by atoms with Crippen LogP contribution in [0.25, 0.3) is 0 Å². The molecule has 0 atom stereocenters. The molecule has 1 amide bonds. The highest BCUT2D eigenvalue weighted by molar-refractivity contribution is 14.1. The molecule has 0 saturated carbocycles. The number of hydrogen-bond acceptors (Lipinski definition) is 3. The molecule has 5 heteroatoms. The molecule has 4 nitrogen and oxygen atoms in total. The number of carbonyl (C=O) groups excluding carboxylic acids is 1. The molecule has 0 aromatic carbocycles. The molecule has 0 bridgehead atoms. The van der Waals surface area contributed by atoms with Crippen LogP contribution < -0.4 is 5.32 Å². The molecule has 0 unspecified atom stereocenters. The molecule has 0 aliphatic carbocycles. The van der Waals surface area contributed by atoms with Crippen molar-refractivity contribution in [3.63, 3.8) is 0 Å². The van der Waals surface area contributed by atoms with Crippen LogP contribution in [0, 0.1) is 10.5 Å². The Hall–Kier alpha value is -0.850. The topological polar surface area (TPSA) is 51.2 Å². The second-order valence-electron chi connectivity index (χ2n) is 4.45. The van der Waals surface area contributed by atoms with Gasteiger partial charge in [0.1, 0.15) is 11.4 Å². The van der Waals surface area contributed by atoms with Crippen molar-refractivity contribution < 1.29 is 9.53 Å². The van der Waals surface area contributed by atoms with Gasteiger partial charge in [-0.3, -0.25) is 5.32 Å². The maximum Gasteiger partial charge on any atom is 0.413 e. The smallest absolute Gasteiger partial charge is 0.413 e. The molecular formula is C11H15IN2O2. The van der Waals surface area contributed by atoms with E-state index in [1.54, 1.807) is 6.20 Å². The van der Waals surface area contributed by atoms with E-state index in [0.717, 1.165) is 9.13 Å². The number of carbonyl (C=O) groups is 1. The van der Waals surface area contributed by atoms with Crippen molar-refractivity contribution in [3.8, 4) is 0 Å². The second kappa shape index (κ2) is 4.99. The molecule has 0 spiro atoms. The third-order valence-corrected chi connectivity index (χ3v) is 2.25. The van der Waals surface area contributed by atoms with Crippen molar-refractivity contribution in [2.24, 2.45) is 0 Å². The van der Waals surface area contributed by atoms with Gasteiger partial charge in [0, 0.05) is 9.77 Å². The maximum absolute atomic E-state index is 11.5. The summed E-state index contributed by atoms with van der Waals surface area (Å²) in [5, 5.41) is 2.62. The first-order valence-corrected chi connectivity index (χ1v) is 5.98. The van der Waals surface area contributed by atoms with Gasteiger partial charge in [-0.15, -0.1) is 0 Å². The zero-order valence-electron chi connectivity index (χ0n) is 9.80. The van der Waals surface area contributed by atoms with Gasteiger partial charge >= 0.3 is 6.09 Å². The number of aromatic nitrogens is 1. The predicted molar refractivity (Wildman–Crippen MR) is 71.5 cm³/mol. The summed E-state index contributed by atoms with van der Waals surface area (Å²) in [7, 11) is 0. The quantitative estimate of drug-likeness (QED) is 0.802. The van der Waals surface area contributed by atoms with Crippen molar-refractivity contribution in [3.05, 3.63) is 21.4 Å². The Morgan fingerprint density at radius 1 is 1.50 bits per heavy atom. The lowest BCUT2D eigenvalue weighted by Gasteiger charge is -2.19. The SMILES string of the molecule is Cc1cc(I)cnc1NC(=O)OC(C)(C)C. The number of amides is 1. The Morgan fingerprint density at radius 2 is 2.12 bits per heavy atom. The van der Waals surface area contributed by atoms with Crippen LogP contribution in [0.3, 0.4) is 0 Å². The predicted octanol–water partition coefficient (Wildman–Crippen LogP) is 3.34. The summed E-state index contributed by atoms with van der Waals surface area (Å²) in [5.41, 5.74) is 0.416. The lowest BCUT2D eigenvalue weighted by Crippen LogP contribution is -2.27. The highest BCUT2D eigenvalue weighted by atomic mass is 127. The summed E-state index contributed by atoms with van der Waals surface area (Å²) in [5.74, 6) is 0.537. The molecule has 88 valence electrons. The Kier molecular flexibility index (Phi) is 4.12. The van der Waals surface area contributed by atoms with Crippen molar-refractivity contribution in [2.45, 2.75) is 33.3 Å². The van der Waals surface area contributed by atoms with E-state index >= 15 is 0 Å². The van der Waals surface area contributed by atoms with Gasteiger partial charge in [0.05, 0.1) is 0 Å². The van der Waals surface area contributed by atoms with Crippen LogP contribution in [0.2, 0.25) is 0 Å². The molecule has 0 saturated heterocycles. The first-order valence-electron chi connectivity index (χ1n) is 4.90. The van der Waals surface area contributed by atoms with E-state index in [-0.39, 0.29) is 0 Å². The van der Waals surface area contributed by atoms with Gasteiger partial charge < -0.3 is 4.74 Å². The number of aryl methyl sites for hydroxylation is 1. The molecule has 1 aromatic heterocycles. The van der Waals surface area contributed by atoms with E-state index in [1.165, 1.54) is 0 Å². The number of pyridine rings is 1. The third kappa shape index (κ3) is 4.34. The third-order valence-electron chi connectivity index (χ3n) is 1.66. The fourth-order valence-electron chi connectivity index (χ4n) is 1.07. The van der Waals surface area contributed by atoms with Gasteiger partial charge in [-0.2, -0.15) is 0 Å². The van der Waals surface area contributed by atoms with E-state index in [1.807, 2.05) is 33.8 Å². The number of nitrogens with one attached hydrogen (secondary N) is 1. The molecule has 0 aliphatic heterocycles. The molecule has 0 aliphatic rings. The second-order valence-corrected chi connectivity index (χ2v) is 5.69. The van der Waals surface area contributed by atoms with Crippen LogP contribution in [0.5, 0.6) is 0 Å². The Balaban J connectivity index is 2.70. The zero-order chi connectivity index (χ0) is 12.3. The van der Waals surface area contributed by atoms with Gasteiger partial charge in [0.25, 0.3) is 0 Å². The Morgan fingerprint density at radius 3 is 2.62 bits per heavy atom. The number of anilines is 1. The Bertz CT molecular complexity index is 399. The number of hydrogen-bond donors (Lipinski definition) is 1. The Labute approximate surface area is 109 Å². The first kappa shape index (κ1) is 13.2. The van der Waals surface area contributed by atoms with Crippen molar-refractivity contribution in [1.29, 1.82) is 0 Å². The van der Waals surface area contributed by atoms with E-state index in [0.29, 0.717) is 5.82 Å². The molecule has 0 fully saturated rings. The summed E-state index contributed by atoms with van der Waals surface area (Å²) >= 11 is 2.17. The standard InChI is InChI=1S/C11H15IN2O2/c1-7-5-8(12)6-13-9(7)14-10(15)16-11(2,3)4/h5-6H,1-4H3,(H,13,14,15). The average Bonchev–Trinajstić information content (AvgIpc) is 2.06. The van der Waals surface area contributed by atoms with Gasteiger partial charge in [-0.25, -0.2) is 9.78 Å². The summed E-state index contributed by atoms with van der Waals surface area (Å²) in [6, 6.07) is 1.94. The molecule has 0 radical (unpaired) electrons. The normalized spacial score (nSPS) is 11.1. The highest BCUT2D eigenvalue weighted by Gasteiger charge is 2.17. The van der Waals surface area contributed by atoms with E-state index in [2.05, 4.69) is 32.9 Å². The van der Waals surface area contributed by atoms with Gasteiger partial charge in [-0.05, 0) is 61.9 Å². The van der Waals surface area contributed by atoms with Crippen LogP contribution >= 0.6 is 22.6 Å². The summed E-state index contributed by atoms with van der Waals surface area (Å²) in [4.78, 5) is 15.6. The monoisotopic (exact) mass is 334 g/mol. The van der Waals surface area contributed by atoms with Gasteiger partial charge in [0.15, 0.2) is 0 Å². The van der Waals surface area contributed by atoms with E-state index in [4.69, 9.17) is 4.74 Å².